The normalized spacial score (nSPS) is 10.1. The monoisotopic (exact) mass is 285 g/mol. The Kier molecular flexibility index (Phi) is 4.63. The maximum atomic E-state index is 12.0. The molecule has 2 rings (SSSR count). The fourth-order valence-electron chi connectivity index (χ4n) is 1.90. The quantitative estimate of drug-likeness (QED) is 0.770. The van der Waals surface area contributed by atoms with Gasteiger partial charge in [0.2, 0.25) is 5.91 Å². The lowest BCUT2D eigenvalue weighted by molar-refractivity contribution is -0.115. The molecule has 0 unspecified atom stereocenters. The average Bonchev–Trinajstić information content (AvgIpc) is 2.48. The van der Waals surface area contributed by atoms with Crippen LogP contribution in [-0.2, 0) is 17.8 Å². The highest BCUT2D eigenvalue weighted by Gasteiger charge is 2.09. The first-order valence-corrected chi connectivity index (χ1v) is 6.36. The molecule has 0 saturated heterocycles. The molecule has 6 heteroatoms. The van der Waals surface area contributed by atoms with E-state index in [4.69, 9.17) is 10.8 Å². The summed E-state index contributed by atoms with van der Waals surface area (Å²) in [6.07, 6.45) is 1.52. The van der Waals surface area contributed by atoms with Crippen LogP contribution >= 0.6 is 0 Å². The van der Waals surface area contributed by atoms with E-state index in [1.165, 1.54) is 18.3 Å². The summed E-state index contributed by atoms with van der Waals surface area (Å²) >= 11 is 0. The van der Waals surface area contributed by atoms with Crippen molar-refractivity contribution in [1.82, 2.24) is 4.98 Å². The van der Waals surface area contributed by atoms with Crippen molar-refractivity contribution in [2.45, 2.75) is 13.0 Å². The van der Waals surface area contributed by atoms with Crippen LogP contribution in [0.1, 0.15) is 21.6 Å². The van der Waals surface area contributed by atoms with Crippen LogP contribution in [0.4, 0.5) is 5.69 Å². The van der Waals surface area contributed by atoms with Crippen molar-refractivity contribution in [3.05, 3.63) is 59.4 Å². The Morgan fingerprint density at radius 2 is 1.86 bits per heavy atom. The molecule has 0 aliphatic rings. The number of aromatic nitrogens is 1. The second-order valence-corrected chi connectivity index (χ2v) is 4.44. The lowest BCUT2D eigenvalue weighted by atomic mass is 10.0. The summed E-state index contributed by atoms with van der Waals surface area (Å²) < 4.78 is 0. The molecule has 0 fully saturated rings. The number of benzene rings is 1. The zero-order valence-electron chi connectivity index (χ0n) is 11.2. The van der Waals surface area contributed by atoms with Crippen molar-refractivity contribution < 1.29 is 14.7 Å². The molecule has 1 heterocycles. The van der Waals surface area contributed by atoms with Crippen molar-refractivity contribution in [3.8, 4) is 0 Å². The van der Waals surface area contributed by atoms with Crippen LogP contribution < -0.4 is 11.1 Å². The molecule has 0 saturated carbocycles. The molecule has 1 amide bonds. The number of nitrogens with two attached hydrogens (primary N) is 1. The molecule has 0 spiro atoms. The standard InChI is InChI=1S/C15H15N3O3/c16-8-11-4-2-1-3-10(11)7-14(19)18-12-5-6-13(15(20)21)17-9-12/h1-6,9H,7-8,16H2,(H,18,19)(H,20,21). The van der Waals surface area contributed by atoms with Crippen LogP contribution in [0.15, 0.2) is 42.6 Å². The number of anilines is 1. The van der Waals surface area contributed by atoms with E-state index in [0.29, 0.717) is 12.2 Å². The van der Waals surface area contributed by atoms with Crippen molar-refractivity contribution >= 4 is 17.6 Å². The predicted octanol–water partition coefficient (Wildman–Crippen LogP) is 1.42. The highest BCUT2D eigenvalue weighted by molar-refractivity contribution is 5.92. The summed E-state index contributed by atoms with van der Waals surface area (Å²) in [6.45, 7) is 0.373. The molecular formula is C15H15N3O3. The lowest BCUT2D eigenvalue weighted by Crippen LogP contribution is -2.16. The molecule has 4 N–H and O–H groups in total. The maximum Gasteiger partial charge on any atom is 0.354 e. The Balaban J connectivity index is 2.03. The molecule has 0 aliphatic heterocycles. The van der Waals surface area contributed by atoms with Gasteiger partial charge in [-0.2, -0.15) is 0 Å². The minimum Gasteiger partial charge on any atom is -0.477 e. The third-order valence-electron chi connectivity index (χ3n) is 2.96. The highest BCUT2D eigenvalue weighted by Crippen LogP contribution is 2.11. The van der Waals surface area contributed by atoms with Crippen molar-refractivity contribution in [3.63, 3.8) is 0 Å². The maximum absolute atomic E-state index is 12.0. The second kappa shape index (κ2) is 6.62. The Bertz CT molecular complexity index is 653. The Labute approximate surface area is 121 Å². The minimum absolute atomic E-state index is 0.0681. The van der Waals surface area contributed by atoms with Crippen LogP contribution in [-0.4, -0.2) is 22.0 Å². The van der Waals surface area contributed by atoms with Crippen LogP contribution in [0.25, 0.3) is 0 Å². The number of rotatable bonds is 5. The summed E-state index contributed by atoms with van der Waals surface area (Å²) in [5.41, 5.74) is 7.80. The van der Waals surface area contributed by atoms with E-state index in [9.17, 15) is 9.59 Å². The van der Waals surface area contributed by atoms with Gasteiger partial charge in [0.1, 0.15) is 5.69 Å². The smallest absolute Gasteiger partial charge is 0.354 e. The van der Waals surface area contributed by atoms with E-state index in [1.54, 1.807) is 0 Å². The van der Waals surface area contributed by atoms with Gasteiger partial charge in [-0.05, 0) is 23.3 Å². The molecule has 0 atom stereocenters. The molecule has 2 aromatic rings. The van der Waals surface area contributed by atoms with Gasteiger partial charge in [0.05, 0.1) is 18.3 Å². The van der Waals surface area contributed by atoms with Gasteiger partial charge in [-0.15, -0.1) is 0 Å². The van der Waals surface area contributed by atoms with Gasteiger partial charge in [0, 0.05) is 6.54 Å². The third kappa shape index (κ3) is 3.87. The number of carboxylic acids is 1. The number of hydrogen-bond acceptors (Lipinski definition) is 4. The van der Waals surface area contributed by atoms with Crippen molar-refractivity contribution in [2.75, 3.05) is 5.32 Å². The first-order valence-electron chi connectivity index (χ1n) is 6.36. The molecule has 0 aliphatic carbocycles. The van der Waals surface area contributed by atoms with E-state index >= 15 is 0 Å². The summed E-state index contributed by atoms with van der Waals surface area (Å²) in [6, 6.07) is 10.3. The minimum atomic E-state index is -1.11. The first-order chi connectivity index (χ1) is 10.1. The van der Waals surface area contributed by atoms with Gasteiger partial charge in [-0.25, -0.2) is 9.78 Å². The molecule has 6 nitrogen and oxygen atoms in total. The van der Waals surface area contributed by atoms with Gasteiger partial charge in [-0.1, -0.05) is 24.3 Å². The number of nitrogens with zero attached hydrogens (tertiary/aromatic N) is 1. The van der Waals surface area contributed by atoms with E-state index < -0.39 is 5.97 Å². The molecule has 1 aromatic heterocycles. The Hall–Kier alpha value is -2.73. The average molecular weight is 285 g/mol. The number of pyridine rings is 1. The molecule has 1 aromatic carbocycles. The van der Waals surface area contributed by atoms with Gasteiger partial charge in [0.15, 0.2) is 0 Å². The van der Waals surface area contributed by atoms with Gasteiger partial charge in [-0.3, -0.25) is 4.79 Å². The number of carboxylic acid groups (broad SMARTS) is 1. The zero-order chi connectivity index (χ0) is 15.2. The topological polar surface area (TPSA) is 105 Å². The van der Waals surface area contributed by atoms with Crippen molar-refractivity contribution in [2.24, 2.45) is 5.73 Å². The lowest BCUT2D eigenvalue weighted by Gasteiger charge is -2.08. The van der Waals surface area contributed by atoms with Gasteiger partial charge < -0.3 is 16.2 Å². The van der Waals surface area contributed by atoms with E-state index in [0.717, 1.165) is 11.1 Å². The highest BCUT2D eigenvalue weighted by atomic mass is 16.4. The van der Waals surface area contributed by atoms with E-state index in [2.05, 4.69) is 10.3 Å². The fourth-order valence-corrected chi connectivity index (χ4v) is 1.90. The van der Waals surface area contributed by atoms with Crippen LogP contribution in [0.3, 0.4) is 0 Å². The van der Waals surface area contributed by atoms with E-state index in [1.807, 2.05) is 24.3 Å². The third-order valence-corrected chi connectivity index (χ3v) is 2.96. The molecule has 21 heavy (non-hydrogen) atoms. The Morgan fingerprint density at radius 1 is 1.14 bits per heavy atom. The number of amides is 1. The molecule has 0 radical (unpaired) electrons. The number of carbonyl (C=O) groups is 2. The molecular weight excluding hydrogens is 270 g/mol. The fraction of sp³-hybridized carbons (Fsp3) is 0.133. The predicted molar refractivity (Wildman–Crippen MR) is 77.9 cm³/mol. The number of hydrogen-bond donors (Lipinski definition) is 3. The van der Waals surface area contributed by atoms with Gasteiger partial charge in [0.25, 0.3) is 0 Å². The second-order valence-electron chi connectivity index (χ2n) is 4.44. The number of aromatic carboxylic acids is 1. The summed E-state index contributed by atoms with van der Waals surface area (Å²) in [5.74, 6) is -1.31. The summed E-state index contributed by atoms with van der Waals surface area (Å²) in [7, 11) is 0. The van der Waals surface area contributed by atoms with E-state index in [-0.39, 0.29) is 18.0 Å². The summed E-state index contributed by atoms with van der Waals surface area (Å²) in [4.78, 5) is 26.4. The molecule has 0 bridgehead atoms. The number of carbonyl (C=O) groups excluding carboxylic acids is 1. The van der Waals surface area contributed by atoms with Gasteiger partial charge >= 0.3 is 5.97 Å². The molecule has 108 valence electrons. The first kappa shape index (κ1) is 14.7. The van der Waals surface area contributed by atoms with Crippen LogP contribution in [0.5, 0.6) is 0 Å². The van der Waals surface area contributed by atoms with Crippen LogP contribution in [0, 0.1) is 0 Å². The zero-order valence-corrected chi connectivity index (χ0v) is 11.2. The SMILES string of the molecule is NCc1ccccc1CC(=O)Nc1ccc(C(=O)O)nc1. The van der Waals surface area contributed by atoms with Crippen LogP contribution in [0.2, 0.25) is 0 Å². The van der Waals surface area contributed by atoms with Crippen molar-refractivity contribution in [1.29, 1.82) is 0 Å². The largest absolute Gasteiger partial charge is 0.477 e. The Morgan fingerprint density at radius 3 is 2.43 bits per heavy atom. The summed E-state index contributed by atoms with van der Waals surface area (Å²) in [5, 5.41) is 11.4. The number of nitrogens with one attached hydrogen (secondary N) is 1.